The molecule has 0 unspecified atom stereocenters. The Morgan fingerprint density at radius 2 is 2.38 bits per heavy atom. The zero-order chi connectivity index (χ0) is 17.3. The Bertz CT molecular complexity index is 839. The second-order valence-electron chi connectivity index (χ2n) is 5.36. The second kappa shape index (κ2) is 6.48. The lowest BCUT2D eigenvalue weighted by atomic mass is 10.1. The lowest BCUT2D eigenvalue weighted by Gasteiger charge is -2.21. The summed E-state index contributed by atoms with van der Waals surface area (Å²) in [5.74, 6) is -0.0150. The molecule has 128 valence electrons. The van der Waals surface area contributed by atoms with Crippen molar-refractivity contribution in [2.75, 3.05) is 12.3 Å². The first kappa shape index (κ1) is 16.2. The zero-order valence-electron chi connectivity index (χ0n) is 13.3. The van der Waals surface area contributed by atoms with Gasteiger partial charge in [0.25, 0.3) is 5.56 Å². The number of aromatic amines is 1. The molecule has 0 amide bonds. The fraction of sp³-hybridized carbons (Fsp3) is 0.615. The molecule has 0 radical (unpaired) electrons. The highest BCUT2D eigenvalue weighted by Gasteiger charge is 2.45. The summed E-state index contributed by atoms with van der Waals surface area (Å²) in [6.45, 7) is 4.19. The van der Waals surface area contributed by atoms with Gasteiger partial charge in [0.15, 0.2) is 17.4 Å². The van der Waals surface area contributed by atoms with Gasteiger partial charge in [-0.1, -0.05) is 12.0 Å². The van der Waals surface area contributed by atoms with Gasteiger partial charge in [0, 0.05) is 11.5 Å². The third kappa shape index (κ3) is 2.58. The highest BCUT2D eigenvalue weighted by molar-refractivity contribution is 5.70. The first-order chi connectivity index (χ1) is 11.6. The maximum atomic E-state index is 11.9. The van der Waals surface area contributed by atoms with Crippen molar-refractivity contribution >= 4 is 17.1 Å². The van der Waals surface area contributed by atoms with Gasteiger partial charge in [0.2, 0.25) is 5.95 Å². The van der Waals surface area contributed by atoms with Crippen LogP contribution in [0.15, 0.2) is 16.2 Å². The molecule has 0 bridgehead atoms. The Morgan fingerprint density at radius 1 is 1.58 bits per heavy atom. The van der Waals surface area contributed by atoms with Gasteiger partial charge in [0.1, 0.15) is 6.10 Å². The summed E-state index contributed by atoms with van der Waals surface area (Å²) in [6, 6.07) is -0.484. The van der Waals surface area contributed by atoms with E-state index in [1.807, 2.05) is 13.8 Å². The van der Waals surface area contributed by atoms with Crippen LogP contribution in [0, 0.1) is 0 Å². The number of nitrogen functional groups attached to an aromatic ring is 1. The number of ether oxygens (including phenoxy) is 2. The number of hydrogen-bond donors (Lipinski definition) is 2. The number of hydrogen-bond acceptors (Lipinski definition) is 7. The number of aromatic nitrogens is 4. The smallest absolute Gasteiger partial charge is 0.280 e. The molecule has 2 aromatic rings. The molecular formula is C13H18N8O3. The minimum absolute atomic E-state index is 0.0150. The first-order valence-electron chi connectivity index (χ1n) is 7.64. The van der Waals surface area contributed by atoms with Crippen LogP contribution in [0.4, 0.5) is 5.95 Å². The molecule has 0 spiro atoms. The fourth-order valence-corrected chi connectivity index (χ4v) is 2.98. The molecule has 3 rings (SSSR count). The van der Waals surface area contributed by atoms with Crippen LogP contribution in [0.3, 0.4) is 0 Å². The van der Waals surface area contributed by atoms with E-state index in [-0.39, 0.29) is 17.6 Å². The summed E-state index contributed by atoms with van der Waals surface area (Å²) in [5.41, 5.74) is 14.5. The summed E-state index contributed by atoms with van der Waals surface area (Å²) in [7, 11) is 0. The van der Waals surface area contributed by atoms with E-state index >= 15 is 0 Å². The van der Waals surface area contributed by atoms with E-state index in [1.54, 1.807) is 4.57 Å². The Morgan fingerprint density at radius 3 is 3.04 bits per heavy atom. The topological polar surface area (TPSA) is 157 Å². The summed E-state index contributed by atoms with van der Waals surface area (Å²) < 4.78 is 13.4. The third-order valence-corrected chi connectivity index (χ3v) is 3.98. The second-order valence-corrected chi connectivity index (χ2v) is 5.36. The van der Waals surface area contributed by atoms with Gasteiger partial charge in [-0.15, -0.1) is 0 Å². The maximum Gasteiger partial charge on any atom is 0.280 e. The van der Waals surface area contributed by atoms with Crippen LogP contribution in [-0.2, 0) is 9.47 Å². The largest absolute Gasteiger partial charge is 0.373 e. The summed E-state index contributed by atoms with van der Waals surface area (Å²) >= 11 is 0. The van der Waals surface area contributed by atoms with Crippen LogP contribution in [-0.4, -0.2) is 44.4 Å². The third-order valence-electron chi connectivity index (χ3n) is 3.98. The van der Waals surface area contributed by atoms with Crippen molar-refractivity contribution in [3.05, 3.63) is 27.1 Å². The highest BCUT2D eigenvalue weighted by Crippen LogP contribution is 2.36. The van der Waals surface area contributed by atoms with Crippen molar-refractivity contribution in [2.24, 2.45) is 5.11 Å². The average molecular weight is 334 g/mol. The zero-order valence-corrected chi connectivity index (χ0v) is 13.3. The number of nitrogens with one attached hydrogen (secondary N) is 1. The van der Waals surface area contributed by atoms with Crippen LogP contribution in [0.5, 0.6) is 0 Å². The SMILES string of the molecule is CCO[C@@H]1[C@H](N=[N+]=[N-])[C@@H](CC)O[C@H]1n1cnc2c(=O)[nH]c(N)nc21. The molecule has 1 fully saturated rings. The first-order valence-corrected chi connectivity index (χ1v) is 7.64. The van der Waals surface area contributed by atoms with Crippen molar-refractivity contribution < 1.29 is 9.47 Å². The minimum atomic E-state index is -0.621. The molecule has 0 saturated carbocycles. The Hall–Kier alpha value is -2.62. The molecule has 0 aliphatic carbocycles. The number of fused-ring (bicyclic) bond motifs is 1. The quantitative estimate of drug-likeness (QED) is 0.473. The van der Waals surface area contributed by atoms with Crippen LogP contribution < -0.4 is 11.3 Å². The van der Waals surface area contributed by atoms with Crippen molar-refractivity contribution in [3.63, 3.8) is 0 Å². The van der Waals surface area contributed by atoms with Gasteiger partial charge in [0.05, 0.1) is 18.5 Å². The fourth-order valence-electron chi connectivity index (χ4n) is 2.98. The predicted octanol–water partition coefficient (Wildman–Crippen LogP) is 1.09. The van der Waals surface area contributed by atoms with E-state index in [9.17, 15) is 4.79 Å². The Labute approximate surface area is 136 Å². The molecule has 11 nitrogen and oxygen atoms in total. The molecule has 4 atom stereocenters. The molecular weight excluding hydrogens is 316 g/mol. The van der Waals surface area contributed by atoms with E-state index in [0.29, 0.717) is 18.7 Å². The summed E-state index contributed by atoms with van der Waals surface area (Å²) in [4.78, 5) is 25.5. The Kier molecular flexibility index (Phi) is 4.38. The van der Waals surface area contributed by atoms with Gasteiger partial charge in [-0.05, 0) is 18.9 Å². The molecule has 0 aromatic carbocycles. The Balaban J connectivity index is 2.10. The monoisotopic (exact) mass is 334 g/mol. The number of imidazole rings is 1. The predicted molar refractivity (Wildman–Crippen MR) is 85.1 cm³/mol. The van der Waals surface area contributed by atoms with E-state index in [0.717, 1.165) is 0 Å². The van der Waals surface area contributed by atoms with Crippen molar-refractivity contribution in [1.82, 2.24) is 19.5 Å². The molecule has 1 aliphatic heterocycles. The van der Waals surface area contributed by atoms with Crippen LogP contribution in [0.25, 0.3) is 21.6 Å². The average Bonchev–Trinajstić information content (AvgIpc) is 3.10. The number of H-pyrrole nitrogens is 1. The molecule has 1 aliphatic rings. The number of nitrogens with zero attached hydrogens (tertiary/aromatic N) is 6. The maximum absolute atomic E-state index is 11.9. The number of nitrogens with two attached hydrogens (primary N) is 1. The number of anilines is 1. The van der Waals surface area contributed by atoms with E-state index in [4.69, 9.17) is 20.7 Å². The van der Waals surface area contributed by atoms with Gasteiger partial charge in [-0.3, -0.25) is 14.3 Å². The van der Waals surface area contributed by atoms with Crippen LogP contribution in [0.1, 0.15) is 26.5 Å². The highest BCUT2D eigenvalue weighted by atomic mass is 16.6. The lowest BCUT2D eigenvalue weighted by Crippen LogP contribution is -2.32. The van der Waals surface area contributed by atoms with Gasteiger partial charge >= 0.3 is 0 Å². The van der Waals surface area contributed by atoms with Crippen LogP contribution in [0.2, 0.25) is 0 Å². The molecule has 2 aromatic heterocycles. The molecule has 11 heteroatoms. The van der Waals surface area contributed by atoms with Gasteiger partial charge in [-0.25, -0.2) is 4.98 Å². The molecule has 24 heavy (non-hydrogen) atoms. The minimum Gasteiger partial charge on any atom is -0.373 e. The van der Waals surface area contributed by atoms with Gasteiger partial charge < -0.3 is 15.2 Å². The lowest BCUT2D eigenvalue weighted by molar-refractivity contribution is -0.0588. The van der Waals surface area contributed by atoms with Crippen LogP contribution >= 0.6 is 0 Å². The number of rotatable bonds is 5. The van der Waals surface area contributed by atoms with E-state index < -0.39 is 23.9 Å². The normalized spacial score (nSPS) is 26.6. The van der Waals surface area contributed by atoms with Gasteiger partial charge in [-0.2, -0.15) is 4.98 Å². The van der Waals surface area contributed by atoms with Crippen molar-refractivity contribution in [1.29, 1.82) is 0 Å². The molecule has 3 heterocycles. The number of azide groups is 1. The summed E-state index contributed by atoms with van der Waals surface area (Å²) in [5, 5.41) is 3.84. The van der Waals surface area contributed by atoms with Crippen molar-refractivity contribution in [3.8, 4) is 0 Å². The molecule has 1 saturated heterocycles. The molecule has 3 N–H and O–H groups in total. The van der Waals surface area contributed by atoms with E-state index in [2.05, 4.69) is 25.0 Å². The van der Waals surface area contributed by atoms with E-state index in [1.165, 1.54) is 6.33 Å². The summed E-state index contributed by atoms with van der Waals surface area (Å²) in [6.07, 6.45) is 0.653. The van der Waals surface area contributed by atoms with Crippen molar-refractivity contribution in [2.45, 2.75) is 44.7 Å². The standard InChI is InChI=1S/C13H18N8O3/c1-3-6-7(19-20-15)9(23-4-2)12(24-6)21-5-16-8-10(21)17-13(14)18-11(8)22/h5-7,9,12H,3-4H2,1-2H3,(H3,14,17,18,22)/t6-,7-,9-,12-/m1/s1.